The summed E-state index contributed by atoms with van der Waals surface area (Å²) in [5, 5.41) is 3.01. The van der Waals surface area contributed by atoms with E-state index in [4.69, 9.17) is 16.3 Å². The fourth-order valence-corrected chi connectivity index (χ4v) is 3.43. The number of piperazine rings is 1. The Balaban J connectivity index is 1.44. The number of halogens is 2. The maximum Gasteiger partial charge on any atom is 0.321 e. The lowest BCUT2D eigenvalue weighted by molar-refractivity contribution is 0.0311. The maximum atomic E-state index is 13.5. The number of aryl methyl sites for hydroxylation is 1. The zero-order chi connectivity index (χ0) is 18.5. The zero-order valence-corrected chi connectivity index (χ0v) is 15.9. The van der Waals surface area contributed by atoms with Crippen molar-refractivity contribution in [2.75, 3.05) is 70.9 Å². The van der Waals surface area contributed by atoms with Crippen molar-refractivity contribution in [2.24, 2.45) is 0 Å². The topological polar surface area (TPSA) is 48.1 Å². The summed E-state index contributed by atoms with van der Waals surface area (Å²) in [5.41, 5.74) is 0.906. The lowest BCUT2D eigenvalue weighted by atomic mass is 10.2. The van der Waals surface area contributed by atoms with Gasteiger partial charge in [0.25, 0.3) is 0 Å². The second kappa shape index (κ2) is 8.99. The summed E-state index contributed by atoms with van der Waals surface area (Å²) in [6.07, 6.45) is 0. The lowest BCUT2D eigenvalue weighted by Crippen LogP contribution is -2.51. The van der Waals surface area contributed by atoms with Crippen molar-refractivity contribution in [3.05, 3.63) is 28.5 Å². The van der Waals surface area contributed by atoms with Gasteiger partial charge in [-0.25, -0.2) is 9.18 Å². The largest absolute Gasteiger partial charge is 0.379 e. The van der Waals surface area contributed by atoms with Gasteiger partial charge in [-0.15, -0.1) is 0 Å². The summed E-state index contributed by atoms with van der Waals surface area (Å²) in [5.74, 6) is -0.373. The highest BCUT2D eigenvalue weighted by Crippen LogP contribution is 2.25. The molecule has 2 amide bonds. The van der Waals surface area contributed by atoms with Gasteiger partial charge in [0, 0.05) is 52.4 Å². The van der Waals surface area contributed by atoms with E-state index in [0.29, 0.717) is 24.3 Å². The summed E-state index contributed by atoms with van der Waals surface area (Å²) in [7, 11) is 0. The van der Waals surface area contributed by atoms with Gasteiger partial charge in [-0.1, -0.05) is 11.6 Å². The van der Waals surface area contributed by atoms with E-state index >= 15 is 0 Å². The Morgan fingerprint density at radius 2 is 1.73 bits per heavy atom. The van der Waals surface area contributed by atoms with Crippen LogP contribution in [0.3, 0.4) is 0 Å². The Bertz CT molecular complexity index is 632. The van der Waals surface area contributed by atoms with Crippen molar-refractivity contribution in [3.8, 4) is 0 Å². The highest BCUT2D eigenvalue weighted by atomic mass is 35.5. The maximum absolute atomic E-state index is 13.5. The average molecular weight is 385 g/mol. The molecular weight excluding hydrogens is 359 g/mol. The third-order valence-electron chi connectivity index (χ3n) is 4.99. The van der Waals surface area contributed by atoms with Crippen molar-refractivity contribution in [1.82, 2.24) is 14.7 Å². The summed E-state index contributed by atoms with van der Waals surface area (Å²) in [6, 6.07) is 2.61. The van der Waals surface area contributed by atoms with Gasteiger partial charge in [0.1, 0.15) is 5.82 Å². The minimum Gasteiger partial charge on any atom is -0.379 e. The number of carbonyl (C=O) groups is 1. The van der Waals surface area contributed by atoms with Gasteiger partial charge < -0.3 is 15.0 Å². The van der Waals surface area contributed by atoms with E-state index in [2.05, 4.69) is 15.1 Å². The predicted molar refractivity (Wildman–Crippen MR) is 100 cm³/mol. The first-order chi connectivity index (χ1) is 12.5. The molecule has 0 saturated carbocycles. The number of hydrogen-bond donors (Lipinski definition) is 1. The van der Waals surface area contributed by atoms with Crippen LogP contribution < -0.4 is 5.32 Å². The fraction of sp³-hybridized carbons (Fsp3) is 0.611. The third-order valence-corrected chi connectivity index (χ3v) is 5.30. The first kappa shape index (κ1) is 19.4. The number of morpholine rings is 1. The molecule has 0 radical (unpaired) electrons. The summed E-state index contributed by atoms with van der Waals surface area (Å²) >= 11 is 6.03. The van der Waals surface area contributed by atoms with Crippen LogP contribution in [0, 0.1) is 12.7 Å². The highest BCUT2D eigenvalue weighted by molar-refractivity contribution is 6.33. The number of rotatable bonds is 4. The summed E-state index contributed by atoms with van der Waals surface area (Å²) in [6.45, 7) is 10.4. The molecule has 6 nitrogen and oxygen atoms in total. The monoisotopic (exact) mass is 384 g/mol. The first-order valence-corrected chi connectivity index (χ1v) is 9.45. The SMILES string of the molecule is Cc1cc(NC(=O)N2CCN(CCN3CCOCC3)CC2)c(Cl)cc1F. The van der Waals surface area contributed by atoms with Crippen molar-refractivity contribution in [3.63, 3.8) is 0 Å². The average Bonchev–Trinajstić information content (AvgIpc) is 2.65. The van der Waals surface area contributed by atoms with Gasteiger partial charge in [0.2, 0.25) is 0 Å². The molecule has 2 aliphatic heterocycles. The van der Waals surface area contributed by atoms with Crippen LogP contribution in [-0.4, -0.2) is 86.3 Å². The lowest BCUT2D eigenvalue weighted by Gasteiger charge is -2.36. The van der Waals surface area contributed by atoms with Crippen molar-refractivity contribution >= 4 is 23.3 Å². The minimum atomic E-state index is -0.373. The van der Waals surface area contributed by atoms with E-state index in [1.165, 1.54) is 6.07 Å². The normalized spacial score (nSPS) is 19.6. The van der Waals surface area contributed by atoms with Crippen LogP contribution in [0.15, 0.2) is 12.1 Å². The van der Waals surface area contributed by atoms with Gasteiger partial charge in [-0.2, -0.15) is 0 Å². The molecule has 2 saturated heterocycles. The molecule has 2 heterocycles. The molecule has 2 fully saturated rings. The summed E-state index contributed by atoms with van der Waals surface area (Å²) in [4.78, 5) is 19.0. The Kier molecular flexibility index (Phi) is 6.69. The van der Waals surface area contributed by atoms with E-state index < -0.39 is 0 Å². The van der Waals surface area contributed by atoms with Crippen LogP contribution >= 0.6 is 11.6 Å². The zero-order valence-electron chi connectivity index (χ0n) is 15.1. The van der Waals surface area contributed by atoms with Crippen LogP contribution in [0.4, 0.5) is 14.9 Å². The molecule has 1 aromatic carbocycles. The molecule has 0 aliphatic carbocycles. The minimum absolute atomic E-state index is 0.189. The third kappa shape index (κ3) is 5.07. The molecule has 2 aliphatic rings. The van der Waals surface area contributed by atoms with Gasteiger partial charge >= 0.3 is 6.03 Å². The van der Waals surface area contributed by atoms with Crippen LogP contribution in [0.1, 0.15) is 5.56 Å². The standard InChI is InChI=1S/C18H26ClFN4O2/c1-14-12-17(15(19)13-16(14)20)21-18(25)24-6-4-22(5-7-24)2-3-23-8-10-26-11-9-23/h12-13H,2-11H2,1H3,(H,21,25). The van der Waals surface area contributed by atoms with Crippen LogP contribution in [0.2, 0.25) is 5.02 Å². The molecule has 1 N–H and O–H groups in total. The molecular formula is C18H26ClFN4O2. The second-order valence-electron chi connectivity index (χ2n) is 6.79. The quantitative estimate of drug-likeness (QED) is 0.865. The van der Waals surface area contributed by atoms with E-state index in [1.54, 1.807) is 17.9 Å². The number of amides is 2. The van der Waals surface area contributed by atoms with Gasteiger partial charge in [-0.3, -0.25) is 9.80 Å². The van der Waals surface area contributed by atoms with Gasteiger partial charge in [-0.05, 0) is 24.6 Å². The molecule has 0 spiro atoms. The molecule has 3 rings (SSSR count). The molecule has 0 bridgehead atoms. The van der Waals surface area contributed by atoms with Gasteiger partial charge in [0.05, 0.1) is 23.9 Å². The van der Waals surface area contributed by atoms with E-state index in [9.17, 15) is 9.18 Å². The van der Waals surface area contributed by atoms with Crippen LogP contribution in [-0.2, 0) is 4.74 Å². The smallest absolute Gasteiger partial charge is 0.321 e. The molecule has 0 aromatic heterocycles. The molecule has 26 heavy (non-hydrogen) atoms. The number of nitrogens with zero attached hydrogens (tertiary/aromatic N) is 3. The van der Waals surface area contributed by atoms with Crippen molar-refractivity contribution in [2.45, 2.75) is 6.92 Å². The van der Waals surface area contributed by atoms with Crippen LogP contribution in [0.25, 0.3) is 0 Å². The Labute approximate surface area is 158 Å². The number of anilines is 1. The summed E-state index contributed by atoms with van der Waals surface area (Å²) < 4.78 is 18.8. The van der Waals surface area contributed by atoms with Crippen molar-refractivity contribution < 1.29 is 13.9 Å². The molecule has 1 aromatic rings. The molecule has 0 unspecified atom stereocenters. The van der Waals surface area contributed by atoms with Gasteiger partial charge in [0.15, 0.2) is 0 Å². The predicted octanol–water partition coefficient (Wildman–Crippen LogP) is 2.27. The Hall–Kier alpha value is -1.41. The Morgan fingerprint density at radius 3 is 2.38 bits per heavy atom. The highest BCUT2D eigenvalue weighted by Gasteiger charge is 2.22. The molecule has 0 atom stereocenters. The van der Waals surface area contributed by atoms with Crippen molar-refractivity contribution in [1.29, 1.82) is 0 Å². The van der Waals surface area contributed by atoms with E-state index in [-0.39, 0.29) is 16.9 Å². The van der Waals surface area contributed by atoms with E-state index in [0.717, 1.165) is 52.5 Å². The van der Waals surface area contributed by atoms with Crippen LogP contribution in [0.5, 0.6) is 0 Å². The number of benzene rings is 1. The first-order valence-electron chi connectivity index (χ1n) is 9.07. The number of nitrogens with one attached hydrogen (secondary N) is 1. The number of carbonyl (C=O) groups excluding carboxylic acids is 1. The fourth-order valence-electron chi connectivity index (χ4n) is 3.23. The number of hydrogen-bond acceptors (Lipinski definition) is 4. The van der Waals surface area contributed by atoms with E-state index in [1.807, 2.05) is 0 Å². The Morgan fingerprint density at radius 1 is 1.12 bits per heavy atom. The molecule has 8 heteroatoms. The second-order valence-corrected chi connectivity index (χ2v) is 7.20. The number of ether oxygens (including phenoxy) is 1. The molecule has 144 valence electrons. The number of urea groups is 1.